The van der Waals surface area contributed by atoms with Crippen LogP contribution in [0.1, 0.15) is 5.69 Å². The first-order valence-electron chi connectivity index (χ1n) is 7.66. The molecule has 0 saturated carbocycles. The van der Waals surface area contributed by atoms with E-state index in [-0.39, 0.29) is 11.3 Å². The van der Waals surface area contributed by atoms with Crippen molar-refractivity contribution in [3.05, 3.63) is 47.2 Å². The minimum atomic E-state index is -0.298. The van der Waals surface area contributed by atoms with E-state index in [2.05, 4.69) is 25.0 Å². The standard InChI is InChI=1S/C15H14N8O2/c16-6-11-8-22(10-19-11)12-7-20-23(15(12)24)14-5-13(17-9-18-14)21-1-3-25-4-2-21/h5,7-10,20H,1-4H2. The summed E-state index contributed by atoms with van der Waals surface area (Å²) in [5.41, 5.74) is 0.290. The predicted octanol–water partition coefficient (Wildman–Crippen LogP) is -0.150. The van der Waals surface area contributed by atoms with Crippen LogP contribution in [-0.2, 0) is 4.74 Å². The van der Waals surface area contributed by atoms with Gasteiger partial charge >= 0.3 is 0 Å². The first-order chi connectivity index (χ1) is 12.3. The summed E-state index contributed by atoms with van der Waals surface area (Å²) >= 11 is 0. The molecule has 0 amide bonds. The van der Waals surface area contributed by atoms with Gasteiger partial charge in [0.05, 0.1) is 13.2 Å². The summed E-state index contributed by atoms with van der Waals surface area (Å²) in [6.45, 7) is 2.78. The summed E-state index contributed by atoms with van der Waals surface area (Å²) in [6.07, 6.45) is 5.89. The van der Waals surface area contributed by atoms with Crippen LogP contribution in [0.15, 0.2) is 35.9 Å². The highest BCUT2D eigenvalue weighted by Crippen LogP contribution is 2.14. The highest BCUT2D eigenvalue weighted by Gasteiger charge is 2.16. The molecule has 10 heteroatoms. The van der Waals surface area contributed by atoms with Crippen molar-refractivity contribution >= 4 is 5.82 Å². The van der Waals surface area contributed by atoms with Gasteiger partial charge in [0, 0.05) is 31.5 Å². The third-order valence-corrected chi connectivity index (χ3v) is 3.93. The Balaban J connectivity index is 1.69. The predicted molar refractivity (Wildman–Crippen MR) is 86.8 cm³/mol. The second kappa shape index (κ2) is 6.21. The molecule has 1 aliphatic rings. The van der Waals surface area contributed by atoms with Gasteiger partial charge in [-0.25, -0.2) is 15.0 Å². The molecule has 126 valence electrons. The molecule has 3 aromatic rings. The summed E-state index contributed by atoms with van der Waals surface area (Å²) in [5.74, 6) is 1.18. The minimum Gasteiger partial charge on any atom is -0.378 e. The van der Waals surface area contributed by atoms with E-state index in [1.54, 1.807) is 12.3 Å². The van der Waals surface area contributed by atoms with Crippen molar-refractivity contribution in [2.75, 3.05) is 31.2 Å². The van der Waals surface area contributed by atoms with E-state index in [0.29, 0.717) is 24.7 Å². The van der Waals surface area contributed by atoms with Gasteiger partial charge in [-0.05, 0) is 0 Å². The molecule has 25 heavy (non-hydrogen) atoms. The molecule has 1 fully saturated rings. The highest BCUT2D eigenvalue weighted by molar-refractivity contribution is 5.44. The molecule has 1 saturated heterocycles. The molecule has 10 nitrogen and oxygen atoms in total. The van der Waals surface area contributed by atoms with Gasteiger partial charge in [-0.2, -0.15) is 9.94 Å². The number of anilines is 1. The molecular weight excluding hydrogens is 324 g/mol. The average Bonchev–Trinajstić information content (AvgIpc) is 3.29. The molecule has 1 aliphatic heterocycles. The van der Waals surface area contributed by atoms with Crippen molar-refractivity contribution in [1.29, 1.82) is 5.26 Å². The lowest BCUT2D eigenvalue weighted by molar-refractivity contribution is 0.122. The molecular formula is C15H14N8O2. The summed E-state index contributed by atoms with van der Waals surface area (Å²) in [5, 5.41) is 11.7. The number of imidazole rings is 1. The van der Waals surface area contributed by atoms with Crippen LogP contribution in [0.3, 0.4) is 0 Å². The number of aromatic nitrogens is 6. The van der Waals surface area contributed by atoms with Gasteiger partial charge in [0.15, 0.2) is 11.5 Å². The smallest absolute Gasteiger partial charge is 0.296 e. The Morgan fingerprint density at radius 3 is 2.76 bits per heavy atom. The van der Waals surface area contributed by atoms with Crippen molar-refractivity contribution in [2.24, 2.45) is 0 Å². The molecule has 4 rings (SSSR count). The van der Waals surface area contributed by atoms with Crippen molar-refractivity contribution in [3.8, 4) is 17.6 Å². The number of morpholine rings is 1. The lowest BCUT2D eigenvalue weighted by Crippen LogP contribution is -2.37. The number of hydrogen-bond donors (Lipinski definition) is 1. The van der Waals surface area contributed by atoms with Crippen molar-refractivity contribution in [2.45, 2.75) is 0 Å². The zero-order valence-corrected chi connectivity index (χ0v) is 13.2. The van der Waals surface area contributed by atoms with Crippen LogP contribution in [0, 0.1) is 11.3 Å². The van der Waals surface area contributed by atoms with Gasteiger partial charge in [0.1, 0.15) is 30.2 Å². The van der Waals surface area contributed by atoms with Crippen LogP contribution >= 0.6 is 0 Å². The van der Waals surface area contributed by atoms with Crippen LogP contribution in [0.2, 0.25) is 0 Å². The molecule has 0 unspecified atom stereocenters. The van der Waals surface area contributed by atoms with Gasteiger partial charge in [-0.3, -0.25) is 14.5 Å². The number of nitrogens with one attached hydrogen (secondary N) is 1. The largest absolute Gasteiger partial charge is 0.378 e. The number of nitrogens with zero attached hydrogens (tertiary/aromatic N) is 7. The van der Waals surface area contributed by atoms with Crippen molar-refractivity contribution in [1.82, 2.24) is 29.3 Å². The Morgan fingerprint density at radius 1 is 1.20 bits per heavy atom. The first-order valence-corrected chi connectivity index (χ1v) is 7.66. The molecule has 4 heterocycles. The van der Waals surface area contributed by atoms with E-state index < -0.39 is 0 Å². The SMILES string of the molecule is N#Cc1cn(-c2c[nH]n(-c3cc(N4CCOCC4)ncn3)c2=O)cn1. The number of ether oxygens (including phenoxy) is 1. The quantitative estimate of drug-likeness (QED) is 0.705. The minimum absolute atomic E-state index is 0.240. The number of hydrogen-bond acceptors (Lipinski definition) is 7. The van der Waals surface area contributed by atoms with Gasteiger partial charge in [0.2, 0.25) is 0 Å². The second-order valence-corrected chi connectivity index (χ2v) is 5.41. The normalized spacial score (nSPS) is 14.4. The average molecular weight is 338 g/mol. The fraction of sp³-hybridized carbons (Fsp3) is 0.267. The highest BCUT2D eigenvalue weighted by atomic mass is 16.5. The van der Waals surface area contributed by atoms with Crippen LogP contribution in [-0.4, -0.2) is 55.6 Å². The summed E-state index contributed by atoms with van der Waals surface area (Å²) < 4.78 is 8.17. The van der Waals surface area contributed by atoms with E-state index in [9.17, 15) is 4.79 Å². The van der Waals surface area contributed by atoms with E-state index in [0.717, 1.165) is 18.9 Å². The summed E-state index contributed by atoms with van der Waals surface area (Å²) in [7, 11) is 0. The first kappa shape index (κ1) is 15.1. The molecule has 0 atom stereocenters. The van der Waals surface area contributed by atoms with Gasteiger partial charge in [-0.1, -0.05) is 0 Å². The van der Waals surface area contributed by atoms with Crippen LogP contribution in [0.4, 0.5) is 5.82 Å². The van der Waals surface area contributed by atoms with E-state index in [1.165, 1.54) is 28.1 Å². The van der Waals surface area contributed by atoms with E-state index >= 15 is 0 Å². The third kappa shape index (κ3) is 2.77. The number of aromatic amines is 1. The zero-order chi connectivity index (χ0) is 17.2. The fourth-order valence-electron chi connectivity index (χ4n) is 2.65. The van der Waals surface area contributed by atoms with Crippen molar-refractivity contribution in [3.63, 3.8) is 0 Å². The lowest BCUT2D eigenvalue weighted by atomic mass is 10.4. The Hall–Kier alpha value is -3.45. The molecule has 0 radical (unpaired) electrons. The fourth-order valence-corrected chi connectivity index (χ4v) is 2.65. The molecule has 1 N–H and O–H groups in total. The van der Waals surface area contributed by atoms with E-state index in [1.807, 2.05) is 6.07 Å². The van der Waals surface area contributed by atoms with Crippen molar-refractivity contribution < 1.29 is 4.74 Å². The van der Waals surface area contributed by atoms with Gasteiger partial charge in [0.25, 0.3) is 5.56 Å². The topological polar surface area (TPSA) is 118 Å². The van der Waals surface area contributed by atoms with E-state index in [4.69, 9.17) is 10.00 Å². The molecule has 3 aromatic heterocycles. The maximum Gasteiger partial charge on any atom is 0.296 e. The molecule has 0 spiro atoms. The Kier molecular flexibility index (Phi) is 3.75. The van der Waals surface area contributed by atoms with Gasteiger partial charge in [-0.15, -0.1) is 0 Å². The Bertz CT molecular complexity index is 989. The number of nitriles is 1. The Morgan fingerprint density at radius 2 is 2.00 bits per heavy atom. The summed E-state index contributed by atoms with van der Waals surface area (Å²) in [4.78, 5) is 27.1. The number of rotatable bonds is 3. The van der Waals surface area contributed by atoms with Crippen LogP contribution < -0.4 is 10.5 Å². The monoisotopic (exact) mass is 338 g/mol. The maximum absolute atomic E-state index is 12.7. The summed E-state index contributed by atoms with van der Waals surface area (Å²) in [6, 6.07) is 3.68. The lowest BCUT2D eigenvalue weighted by Gasteiger charge is -2.27. The molecule has 0 aliphatic carbocycles. The van der Waals surface area contributed by atoms with Crippen LogP contribution in [0.5, 0.6) is 0 Å². The number of H-pyrrole nitrogens is 1. The van der Waals surface area contributed by atoms with Crippen LogP contribution in [0.25, 0.3) is 11.5 Å². The third-order valence-electron chi connectivity index (χ3n) is 3.93. The second-order valence-electron chi connectivity index (χ2n) is 5.41. The maximum atomic E-state index is 12.7. The van der Waals surface area contributed by atoms with Gasteiger partial charge < -0.3 is 9.64 Å². The Labute approximate surface area is 141 Å². The molecule has 0 aromatic carbocycles. The molecule has 0 bridgehead atoms. The zero-order valence-electron chi connectivity index (χ0n) is 13.2.